The number of nitrogens with zero attached hydrogens (tertiary/aromatic N) is 2. The van der Waals surface area contributed by atoms with Crippen molar-refractivity contribution in [3.63, 3.8) is 0 Å². The van der Waals surface area contributed by atoms with Gasteiger partial charge in [-0.05, 0) is 71.3 Å². The van der Waals surface area contributed by atoms with E-state index >= 15 is 0 Å². The number of aromatic nitrogens is 1. The molecule has 5 aromatic rings. The molecule has 0 atom stereocenters. The number of benzene rings is 4. The molecule has 0 spiro atoms. The second-order valence-electron chi connectivity index (χ2n) is 7.50. The monoisotopic (exact) mass is 386 g/mol. The van der Waals surface area contributed by atoms with Gasteiger partial charge in [0.1, 0.15) is 0 Å². The van der Waals surface area contributed by atoms with Crippen LogP contribution in [0.3, 0.4) is 0 Å². The molecule has 4 aromatic carbocycles. The van der Waals surface area contributed by atoms with Gasteiger partial charge in [0, 0.05) is 35.0 Å². The smallest absolute Gasteiger partial charge is 0.0468 e. The Bertz CT molecular complexity index is 1310. The zero-order valence-corrected chi connectivity index (χ0v) is 16.9. The Labute approximate surface area is 177 Å². The van der Waals surface area contributed by atoms with Crippen LogP contribution in [-0.2, 0) is 0 Å². The van der Waals surface area contributed by atoms with E-state index in [4.69, 9.17) is 0 Å². The van der Waals surface area contributed by atoms with Gasteiger partial charge >= 0.3 is 0 Å². The quantitative estimate of drug-likeness (QED) is 0.315. The summed E-state index contributed by atoms with van der Waals surface area (Å²) < 4.78 is 0. The summed E-state index contributed by atoms with van der Waals surface area (Å²) in [5.41, 5.74) is 6.91. The second kappa shape index (κ2) is 7.84. The summed E-state index contributed by atoms with van der Waals surface area (Å²) >= 11 is 0. The molecule has 5 rings (SSSR count). The van der Waals surface area contributed by atoms with E-state index < -0.39 is 0 Å². The van der Waals surface area contributed by atoms with E-state index in [9.17, 15) is 0 Å². The molecule has 30 heavy (non-hydrogen) atoms. The van der Waals surface area contributed by atoms with Crippen molar-refractivity contribution in [1.29, 1.82) is 0 Å². The van der Waals surface area contributed by atoms with Gasteiger partial charge in [-0.2, -0.15) is 0 Å². The van der Waals surface area contributed by atoms with E-state index in [2.05, 4.69) is 114 Å². The van der Waals surface area contributed by atoms with Crippen LogP contribution < -0.4 is 4.90 Å². The van der Waals surface area contributed by atoms with Crippen molar-refractivity contribution in [3.05, 3.63) is 121 Å². The van der Waals surface area contributed by atoms with Gasteiger partial charge in [-0.1, -0.05) is 60.7 Å². The SMILES string of the molecule is Cc1cccc(N(c2cccc(-c3cccnc3)c2)c2ccc3ccccc3c2)c1. The highest BCUT2D eigenvalue weighted by molar-refractivity contribution is 5.89. The summed E-state index contributed by atoms with van der Waals surface area (Å²) in [6.45, 7) is 2.13. The van der Waals surface area contributed by atoms with Crippen LogP contribution >= 0.6 is 0 Å². The Morgan fingerprint density at radius 1 is 0.567 bits per heavy atom. The number of hydrogen-bond donors (Lipinski definition) is 0. The molecule has 0 unspecified atom stereocenters. The fourth-order valence-electron chi connectivity index (χ4n) is 3.89. The molecule has 1 heterocycles. The molecular formula is C28H22N2. The number of aryl methyl sites for hydroxylation is 1. The van der Waals surface area contributed by atoms with Crippen molar-refractivity contribution in [1.82, 2.24) is 4.98 Å². The van der Waals surface area contributed by atoms with Gasteiger partial charge in [0.25, 0.3) is 0 Å². The maximum absolute atomic E-state index is 4.28. The Morgan fingerprint density at radius 2 is 1.30 bits per heavy atom. The average molecular weight is 386 g/mol. The Balaban J connectivity index is 1.68. The molecule has 0 aliphatic carbocycles. The Hall–Kier alpha value is -3.91. The van der Waals surface area contributed by atoms with Crippen LogP contribution in [-0.4, -0.2) is 4.98 Å². The lowest BCUT2D eigenvalue weighted by molar-refractivity contribution is 1.27. The van der Waals surface area contributed by atoms with Crippen LogP contribution in [0.4, 0.5) is 17.1 Å². The first kappa shape index (κ1) is 18.1. The molecule has 0 bridgehead atoms. The van der Waals surface area contributed by atoms with Crippen LogP contribution in [0.5, 0.6) is 0 Å². The fourth-order valence-corrected chi connectivity index (χ4v) is 3.89. The molecule has 144 valence electrons. The van der Waals surface area contributed by atoms with Crippen LogP contribution in [0.15, 0.2) is 116 Å². The summed E-state index contributed by atoms with van der Waals surface area (Å²) in [5, 5.41) is 2.48. The molecule has 1 aromatic heterocycles. The van der Waals surface area contributed by atoms with Crippen LogP contribution in [0.2, 0.25) is 0 Å². The van der Waals surface area contributed by atoms with Crippen molar-refractivity contribution in [2.24, 2.45) is 0 Å². The summed E-state index contributed by atoms with van der Waals surface area (Å²) in [5.74, 6) is 0. The molecule has 0 aliphatic rings. The van der Waals surface area contributed by atoms with E-state index in [-0.39, 0.29) is 0 Å². The third kappa shape index (κ3) is 3.56. The fraction of sp³-hybridized carbons (Fsp3) is 0.0357. The summed E-state index contributed by atoms with van der Waals surface area (Å²) in [4.78, 5) is 6.60. The predicted molar refractivity (Wildman–Crippen MR) is 127 cm³/mol. The molecule has 2 nitrogen and oxygen atoms in total. The maximum Gasteiger partial charge on any atom is 0.0468 e. The number of anilines is 3. The number of fused-ring (bicyclic) bond motifs is 1. The van der Waals surface area contributed by atoms with Gasteiger partial charge in [-0.25, -0.2) is 0 Å². The molecule has 0 amide bonds. The van der Waals surface area contributed by atoms with Gasteiger partial charge in [0.2, 0.25) is 0 Å². The van der Waals surface area contributed by atoms with E-state index in [1.54, 1.807) is 0 Å². The molecule has 0 aliphatic heterocycles. The zero-order valence-electron chi connectivity index (χ0n) is 16.9. The second-order valence-corrected chi connectivity index (χ2v) is 7.50. The van der Waals surface area contributed by atoms with Crippen molar-refractivity contribution in [2.75, 3.05) is 4.90 Å². The molecule has 0 N–H and O–H groups in total. The number of pyridine rings is 1. The molecule has 0 radical (unpaired) electrons. The van der Waals surface area contributed by atoms with E-state index in [0.29, 0.717) is 0 Å². The van der Waals surface area contributed by atoms with Gasteiger partial charge in [0.05, 0.1) is 0 Å². The van der Waals surface area contributed by atoms with Gasteiger partial charge in [-0.3, -0.25) is 4.98 Å². The van der Waals surface area contributed by atoms with Crippen molar-refractivity contribution in [3.8, 4) is 11.1 Å². The molecule has 0 saturated heterocycles. The topological polar surface area (TPSA) is 16.1 Å². The highest BCUT2D eigenvalue weighted by atomic mass is 15.1. The standard InChI is InChI=1S/C28H22N2/c1-21-7-4-12-26(17-21)30(28-15-14-22-8-2-3-9-23(22)18-28)27-13-5-10-24(19-27)25-11-6-16-29-20-25/h2-20H,1H3. The average Bonchev–Trinajstić information content (AvgIpc) is 2.80. The van der Waals surface area contributed by atoms with Crippen LogP contribution in [0, 0.1) is 6.92 Å². The highest BCUT2D eigenvalue weighted by Gasteiger charge is 2.14. The van der Waals surface area contributed by atoms with Crippen molar-refractivity contribution >= 4 is 27.8 Å². The lowest BCUT2D eigenvalue weighted by Gasteiger charge is -2.26. The number of rotatable bonds is 4. The lowest BCUT2D eigenvalue weighted by atomic mass is 10.0. The van der Waals surface area contributed by atoms with Gasteiger partial charge in [-0.15, -0.1) is 0 Å². The van der Waals surface area contributed by atoms with Crippen molar-refractivity contribution < 1.29 is 0 Å². The first-order valence-electron chi connectivity index (χ1n) is 10.1. The third-order valence-corrected chi connectivity index (χ3v) is 5.35. The number of hydrogen-bond acceptors (Lipinski definition) is 2. The maximum atomic E-state index is 4.28. The normalized spacial score (nSPS) is 10.8. The van der Waals surface area contributed by atoms with E-state index in [1.165, 1.54) is 16.3 Å². The summed E-state index contributed by atoms with van der Waals surface area (Å²) in [6, 6.07) is 36.5. The molecule has 0 saturated carbocycles. The largest absolute Gasteiger partial charge is 0.310 e. The minimum atomic E-state index is 1.11. The lowest BCUT2D eigenvalue weighted by Crippen LogP contribution is -2.10. The summed E-state index contributed by atoms with van der Waals surface area (Å²) in [7, 11) is 0. The van der Waals surface area contributed by atoms with E-state index in [0.717, 1.165) is 28.2 Å². The Morgan fingerprint density at radius 3 is 2.10 bits per heavy atom. The predicted octanol–water partition coefficient (Wildman–Crippen LogP) is 7.68. The molecular weight excluding hydrogens is 364 g/mol. The molecule has 0 fully saturated rings. The van der Waals surface area contributed by atoms with Crippen LogP contribution in [0.25, 0.3) is 21.9 Å². The van der Waals surface area contributed by atoms with Crippen LogP contribution in [0.1, 0.15) is 5.56 Å². The first-order chi connectivity index (χ1) is 14.8. The minimum absolute atomic E-state index is 1.11. The van der Waals surface area contributed by atoms with Gasteiger partial charge in [0.15, 0.2) is 0 Å². The van der Waals surface area contributed by atoms with Crippen molar-refractivity contribution in [2.45, 2.75) is 6.92 Å². The zero-order chi connectivity index (χ0) is 20.3. The van der Waals surface area contributed by atoms with Gasteiger partial charge < -0.3 is 4.90 Å². The highest BCUT2D eigenvalue weighted by Crippen LogP contribution is 2.37. The first-order valence-corrected chi connectivity index (χ1v) is 10.1. The Kier molecular flexibility index (Phi) is 4.74. The minimum Gasteiger partial charge on any atom is -0.310 e. The third-order valence-electron chi connectivity index (χ3n) is 5.35. The molecule has 2 heteroatoms. The van der Waals surface area contributed by atoms with E-state index in [1.807, 2.05) is 18.5 Å². The summed E-state index contributed by atoms with van der Waals surface area (Å²) in [6.07, 6.45) is 3.72.